The maximum absolute atomic E-state index is 14.3. The van der Waals surface area contributed by atoms with E-state index in [0.29, 0.717) is 0 Å². The van der Waals surface area contributed by atoms with Gasteiger partial charge in [-0.2, -0.15) is 0 Å². The fourth-order valence-corrected chi connectivity index (χ4v) is 3.41. The summed E-state index contributed by atoms with van der Waals surface area (Å²) in [7, 11) is 3.33. The molecule has 1 atom stereocenters. The van der Waals surface area contributed by atoms with Crippen molar-refractivity contribution in [2.75, 3.05) is 14.2 Å². The van der Waals surface area contributed by atoms with Crippen molar-refractivity contribution in [1.29, 1.82) is 0 Å². The van der Waals surface area contributed by atoms with Crippen molar-refractivity contribution >= 4 is 15.9 Å². The van der Waals surface area contributed by atoms with Crippen molar-refractivity contribution in [3.63, 3.8) is 0 Å². The van der Waals surface area contributed by atoms with E-state index < -0.39 is 23.3 Å². The van der Waals surface area contributed by atoms with Crippen LogP contribution in [0.4, 0.5) is 8.78 Å². The number of halogens is 3. The lowest BCUT2D eigenvalue weighted by molar-refractivity contribution is -0.0366. The van der Waals surface area contributed by atoms with Crippen molar-refractivity contribution in [1.82, 2.24) is 5.32 Å². The number of nitrogens with one attached hydrogen (secondary N) is 1. The molecule has 1 aromatic rings. The van der Waals surface area contributed by atoms with Gasteiger partial charge in [-0.05, 0) is 48.0 Å². The molecule has 0 bridgehead atoms. The number of likely N-dealkylation sites (N-methyl/N-ethyl adjacent to an activating group) is 1. The molecule has 1 fully saturated rings. The maximum atomic E-state index is 14.3. The van der Waals surface area contributed by atoms with Crippen LogP contribution in [0.1, 0.15) is 37.3 Å². The fourth-order valence-electron chi connectivity index (χ4n) is 3.06. The second-order valence-electron chi connectivity index (χ2n) is 4.95. The Kier molecular flexibility index (Phi) is 4.58. The van der Waals surface area contributed by atoms with E-state index in [1.807, 2.05) is 0 Å². The van der Waals surface area contributed by atoms with E-state index >= 15 is 0 Å². The molecule has 1 unspecified atom stereocenters. The summed E-state index contributed by atoms with van der Waals surface area (Å²) in [5.74, 6) is -1.09. The number of hydrogen-bond acceptors (Lipinski definition) is 2. The highest BCUT2D eigenvalue weighted by Gasteiger charge is 2.44. The van der Waals surface area contributed by atoms with Gasteiger partial charge >= 0.3 is 0 Å². The summed E-state index contributed by atoms with van der Waals surface area (Å²) in [6.07, 6.45) is 3.65. The standard InChI is InChI=1S/C14H18BrF2NO/c1-18-13(14(19-2)7-3-4-8-14)11-10(16)6-5-9(15)12(11)17/h5-6,13,18H,3-4,7-8H2,1-2H3. The van der Waals surface area contributed by atoms with Gasteiger partial charge in [0.15, 0.2) is 0 Å². The molecule has 5 heteroatoms. The summed E-state index contributed by atoms with van der Waals surface area (Å²) < 4.78 is 34.3. The van der Waals surface area contributed by atoms with E-state index in [1.165, 1.54) is 12.1 Å². The highest BCUT2D eigenvalue weighted by molar-refractivity contribution is 9.10. The van der Waals surface area contributed by atoms with Crippen LogP contribution < -0.4 is 5.32 Å². The predicted octanol–water partition coefficient (Wildman–Crippen LogP) is 3.95. The van der Waals surface area contributed by atoms with Gasteiger partial charge in [-0.15, -0.1) is 0 Å². The van der Waals surface area contributed by atoms with Gasteiger partial charge in [0.25, 0.3) is 0 Å². The molecule has 1 aliphatic carbocycles. The number of methoxy groups -OCH3 is 1. The van der Waals surface area contributed by atoms with Crippen LogP contribution in [0.5, 0.6) is 0 Å². The van der Waals surface area contributed by atoms with E-state index in [9.17, 15) is 8.78 Å². The summed E-state index contributed by atoms with van der Waals surface area (Å²) >= 11 is 3.12. The molecule has 0 aromatic heterocycles. The third-order valence-corrected chi connectivity index (χ3v) is 4.65. The quantitative estimate of drug-likeness (QED) is 0.842. The van der Waals surface area contributed by atoms with Gasteiger partial charge in [-0.1, -0.05) is 12.8 Å². The van der Waals surface area contributed by atoms with Crippen LogP contribution in [0.15, 0.2) is 16.6 Å². The summed E-state index contributed by atoms with van der Waals surface area (Å²) in [6.45, 7) is 0. The minimum absolute atomic E-state index is 0.0561. The molecule has 106 valence electrons. The maximum Gasteiger partial charge on any atom is 0.145 e. The zero-order valence-electron chi connectivity index (χ0n) is 11.1. The third kappa shape index (κ3) is 2.56. The van der Waals surface area contributed by atoms with E-state index in [-0.39, 0.29) is 10.0 Å². The van der Waals surface area contributed by atoms with Crippen molar-refractivity contribution in [2.24, 2.45) is 0 Å². The first-order chi connectivity index (χ1) is 9.05. The number of ether oxygens (including phenoxy) is 1. The van der Waals surface area contributed by atoms with Gasteiger partial charge in [0.05, 0.1) is 16.1 Å². The highest BCUT2D eigenvalue weighted by Crippen LogP contribution is 2.44. The molecule has 0 spiro atoms. The van der Waals surface area contributed by atoms with Gasteiger partial charge in [0.1, 0.15) is 11.6 Å². The Morgan fingerprint density at radius 1 is 1.32 bits per heavy atom. The van der Waals surface area contributed by atoms with Crippen LogP contribution in [-0.2, 0) is 4.74 Å². The van der Waals surface area contributed by atoms with Crippen molar-refractivity contribution in [2.45, 2.75) is 37.3 Å². The van der Waals surface area contributed by atoms with Gasteiger partial charge < -0.3 is 10.1 Å². The molecule has 2 nitrogen and oxygen atoms in total. The Balaban J connectivity index is 2.50. The Morgan fingerprint density at radius 2 is 1.95 bits per heavy atom. The first kappa shape index (κ1) is 14.9. The Hall–Kier alpha value is -0.520. The number of hydrogen-bond donors (Lipinski definition) is 1. The second-order valence-corrected chi connectivity index (χ2v) is 5.81. The van der Waals surface area contributed by atoms with Crippen LogP contribution in [0.3, 0.4) is 0 Å². The smallest absolute Gasteiger partial charge is 0.145 e. The average Bonchev–Trinajstić information content (AvgIpc) is 2.89. The molecule has 1 saturated carbocycles. The van der Waals surface area contributed by atoms with Crippen molar-refractivity contribution < 1.29 is 13.5 Å². The number of benzene rings is 1. The third-order valence-electron chi connectivity index (χ3n) is 4.04. The van der Waals surface area contributed by atoms with E-state index in [0.717, 1.165) is 25.7 Å². The van der Waals surface area contributed by atoms with Gasteiger partial charge in [-0.3, -0.25) is 0 Å². The van der Waals surface area contributed by atoms with Gasteiger partial charge in [0, 0.05) is 12.7 Å². The summed E-state index contributed by atoms with van der Waals surface area (Å²) in [6, 6.07) is 2.18. The monoisotopic (exact) mass is 333 g/mol. The van der Waals surface area contributed by atoms with Crippen LogP contribution in [0.2, 0.25) is 0 Å². The molecule has 0 radical (unpaired) electrons. The Morgan fingerprint density at radius 3 is 2.47 bits per heavy atom. The Labute approximate surface area is 120 Å². The molecular formula is C14H18BrF2NO. The molecule has 1 aliphatic rings. The van der Waals surface area contributed by atoms with Crippen LogP contribution in [0, 0.1) is 11.6 Å². The lowest BCUT2D eigenvalue weighted by atomic mass is 9.86. The summed E-state index contributed by atoms with van der Waals surface area (Å²) in [4.78, 5) is 0. The minimum Gasteiger partial charge on any atom is -0.376 e. The van der Waals surface area contributed by atoms with E-state index in [1.54, 1.807) is 14.2 Å². The van der Waals surface area contributed by atoms with Gasteiger partial charge in [-0.25, -0.2) is 8.78 Å². The molecule has 1 aromatic carbocycles. The zero-order chi connectivity index (χ0) is 14.0. The normalized spacial score (nSPS) is 19.6. The van der Waals surface area contributed by atoms with E-state index in [2.05, 4.69) is 21.2 Å². The molecular weight excluding hydrogens is 316 g/mol. The summed E-state index contributed by atoms with van der Waals surface area (Å²) in [5, 5.41) is 3.04. The predicted molar refractivity (Wildman–Crippen MR) is 74.1 cm³/mol. The van der Waals surface area contributed by atoms with Crippen LogP contribution in [0.25, 0.3) is 0 Å². The largest absolute Gasteiger partial charge is 0.376 e. The lowest BCUT2D eigenvalue weighted by Crippen LogP contribution is -2.43. The highest BCUT2D eigenvalue weighted by atomic mass is 79.9. The van der Waals surface area contributed by atoms with Crippen molar-refractivity contribution in [3.8, 4) is 0 Å². The zero-order valence-corrected chi connectivity index (χ0v) is 12.7. The SMILES string of the molecule is CNC(c1c(F)ccc(Br)c1F)C1(OC)CCCC1. The first-order valence-electron chi connectivity index (χ1n) is 6.41. The molecule has 2 rings (SSSR count). The van der Waals surface area contributed by atoms with Crippen molar-refractivity contribution in [3.05, 3.63) is 33.8 Å². The van der Waals surface area contributed by atoms with Crippen LogP contribution >= 0.6 is 15.9 Å². The van der Waals surface area contributed by atoms with Gasteiger partial charge in [0.2, 0.25) is 0 Å². The molecule has 0 saturated heterocycles. The first-order valence-corrected chi connectivity index (χ1v) is 7.21. The van der Waals surface area contributed by atoms with Crippen LogP contribution in [-0.4, -0.2) is 19.8 Å². The summed E-state index contributed by atoms with van der Waals surface area (Å²) in [5.41, 5.74) is -0.474. The number of rotatable bonds is 4. The molecule has 19 heavy (non-hydrogen) atoms. The molecule has 0 amide bonds. The molecule has 0 aliphatic heterocycles. The second kappa shape index (κ2) is 5.85. The molecule has 0 heterocycles. The average molecular weight is 334 g/mol. The Bertz CT molecular complexity index is 461. The van der Waals surface area contributed by atoms with E-state index in [4.69, 9.17) is 4.74 Å². The topological polar surface area (TPSA) is 21.3 Å². The fraction of sp³-hybridized carbons (Fsp3) is 0.571. The molecule has 1 N–H and O–H groups in total. The minimum atomic E-state index is -0.553. The lowest BCUT2D eigenvalue weighted by Gasteiger charge is -2.37.